The van der Waals surface area contributed by atoms with Gasteiger partial charge in [0.05, 0.1) is 19.3 Å². The van der Waals surface area contributed by atoms with Gasteiger partial charge in [-0.15, -0.1) is 0 Å². The zero-order valence-electron chi connectivity index (χ0n) is 14.1. The van der Waals surface area contributed by atoms with E-state index in [2.05, 4.69) is 23.5 Å². The summed E-state index contributed by atoms with van der Waals surface area (Å²) in [7, 11) is 0. The minimum atomic E-state index is -0.573. The lowest BCUT2D eigenvalue weighted by molar-refractivity contribution is 0.0304. The van der Waals surface area contributed by atoms with E-state index in [1.165, 1.54) is 5.39 Å². The van der Waals surface area contributed by atoms with E-state index in [9.17, 15) is 5.11 Å². The second-order valence-electron chi connectivity index (χ2n) is 5.80. The summed E-state index contributed by atoms with van der Waals surface area (Å²) in [6, 6.07) is 23.9. The van der Waals surface area contributed by atoms with E-state index in [0.29, 0.717) is 19.8 Å². The fraction of sp³-hybridized carbons (Fsp3) is 0.238. The van der Waals surface area contributed by atoms with Crippen molar-refractivity contribution < 1.29 is 14.6 Å². The molecule has 0 aliphatic heterocycles. The lowest BCUT2D eigenvalue weighted by Crippen LogP contribution is -2.26. The third-order valence-electron chi connectivity index (χ3n) is 3.87. The molecule has 0 amide bonds. The first kappa shape index (κ1) is 17.3. The molecule has 4 nitrogen and oxygen atoms in total. The van der Waals surface area contributed by atoms with Crippen LogP contribution in [0.25, 0.3) is 10.8 Å². The Hall–Kier alpha value is -2.56. The summed E-state index contributed by atoms with van der Waals surface area (Å²) in [4.78, 5) is 0. The highest BCUT2D eigenvalue weighted by atomic mass is 16.5. The van der Waals surface area contributed by atoms with Gasteiger partial charge in [-0.1, -0.05) is 54.6 Å². The van der Waals surface area contributed by atoms with Crippen LogP contribution >= 0.6 is 0 Å². The Morgan fingerprint density at radius 1 is 0.840 bits per heavy atom. The summed E-state index contributed by atoms with van der Waals surface area (Å²) in [6.45, 7) is 1.62. The highest BCUT2D eigenvalue weighted by molar-refractivity contribution is 5.93. The van der Waals surface area contributed by atoms with Crippen LogP contribution in [0.15, 0.2) is 72.8 Å². The van der Waals surface area contributed by atoms with Gasteiger partial charge in [0.1, 0.15) is 12.4 Å². The van der Waals surface area contributed by atoms with E-state index in [0.717, 1.165) is 16.8 Å². The number of rotatable bonds is 9. The largest absolute Gasteiger partial charge is 0.491 e. The molecule has 0 bridgehead atoms. The Kier molecular flexibility index (Phi) is 6.26. The van der Waals surface area contributed by atoms with Crippen LogP contribution in [-0.4, -0.2) is 37.6 Å². The van der Waals surface area contributed by atoms with Gasteiger partial charge in [0, 0.05) is 17.6 Å². The van der Waals surface area contributed by atoms with Crippen LogP contribution in [0.4, 0.5) is 5.69 Å². The van der Waals surface area contributed by atoms with Crippen molar-refractivity contribution in [1.82, 2.24) is 0 Å². The van der Waals surface area contributed by atoms with Crippen molar-refractivity contribution in [3.8, 4) is 5.75 Å². The lowest BCUT2D eigenvalue weighted by atomic mass is 10.1. The van der Waals surface area contributed by atoms with Crippen molar-refractivity contribution in [1.29, 1.82) is 0 Å². The Bertz CT molecular complexity index is 771. The second kappa shape index (κ2) is 9.06. The van der Waals surface area contributed by atoms with Crippen molar-refractivity contribution in [3.05, 3.63) is 72.8 Å². The molecule has 0 saturated heterocycles. The number of para-hydroxylation sites is 1. The molecule has 0 radical (unpaired) electrons. The van der Waals surface area contributed by atoms with E-state index in [4.69, 9.17) is 9.47 Å². The van der Waals surface area contributed by atoms with Gasteiger partial charge in [-0.05, 0) is 23.6 Å². The first-order chi connectivity index (χ1) is 12.3. The van der Waals surface area contributed by atoms with E-state index in [1.807, 2.05) is 54.6 Å². The molecular weight excluding hydrogens is 314 g/mol. The van der Waals surface area contributed by atoms with Crippen LogP contribution in [0.1, 0.15) is 0 Å². The maximum Gasteiger partial charge on any atom is 0.119 e. The van der Waals surface area contributed by atoms with Gasteiger partial charge in [0.15, 0.2) is 0 Å². The first-order valence-corrected chi connectivity index (χ1v) is 8.48. The molecule has 0 heterocycles. The molecule has 0 aliphatic rings. The SMILES string of the molecule is OC(CNc1cccc2ccccc12)COCCOc1ccccc1. The van der Waals surface area contributed by atoms with Crippen LogP contribution in [0.5, 0.6) is 5.75 Å². The molecule has 1 unspecified atom stereocenters. The zero-order valence-corrected chi connectivity index (χ0v) is 14.1. The molecule has 2 N–H and O–H groups in total. The highest BCUT2D eigenvalue weighted by Gasteiger charge is 2.06. The number of fused-ring (bicyclic) bond motifs is 1. The number of ether oxygens (including phenoxy) is 2. The van der Waals surface area contributed by atoms with Gasteiger partial charge in [0.2, 0.25) is 0 Å². The smallest absolute Gasteiger partial charge is 0.119 e. The predicted octanol–water partition coefficient (Wildman–Crippen LogP) is 3.71. The van der Waals surface area contributed by atoms with Crippen molar-refractivity contribution in [3.63, 3.8) is 0 Å². The van der Waals surface area contributed by atoms with Gasteiger partial charge in [-0.25, -0.2) is 0 Å². The number of aliphatic hydroxyl groups is 1. The molecule has 4 heteroatoms. The molecule has 130 valence electrons. The number of benzene rings is 3. The van der Waals surface area contributed by atoms with E-state index >= 15 is 0 Å². The molecule has 0 aliphatic carbocycles. The third kappa shape index (κ3) is 5.21. The van der Waals surface area contributed by atoms with E-state index in [-0.39, 0.29) is 6.61 Å². The summed E-state index contributed by atoms with van der Waals surface area (Å²) in [6.07, 6.45) is -0.573. The average Bonchev–Trinajstić information content (AvgIpc) is 2.67. The van der Waals surface area contributed by atoms with E-state index in [1.54, 1.807) is 0 Å². The Morgan fingerprint density at radius 3 is 2.48 bits per heavy atom. The van der Waals surface area contributed by atoms with Crippen molar-refractivity contribution in [2.75, 3.05) is 31.7 Å². The number of aliphatic hydroxyl groups excluding tert-OH is 1. The first-order valence-electron chi connectivity index (χ1n) is 8.48. The van der Waals surface area contributed by atoms with Crippen LogP contribution in [0.2, 0.25) is 0 Å². The summed E-state index contributed by atoms with van der Waals surface area (Å²) in [5.74, 6) is 0.823. The molecule has 0 spiro atoms. The minimum Gasteiger partial charge on any atom is -0.491 e. The maximum absolute atomic E-state index is 10.1. The summed E-state index contributed by atoms with van der Waals surface area (Å²) in [5, 5.41) is 15.7. The quantitative estimate of drug-likeness (QED) is 0.585. The van der Waals surface area contributed by atoms with Gasteiger partial charge < -0.3 is 19.9 Å². The number of nitrogens with one attached hydrogen (secondary N) is 1. The molecule has 3 aromatic rings. The van der Waals surface area contributed by atoms with Gasteiger partial charge in [-0.2, -0.15) is 0 Å². The maximum atomic E-state index is 10.1. The number of hydrogen-bond acceptors (Lipinski definition) is 4. The molecule has 25 heavy (non-hydrogen) atoms. The summed E-state index contributed by atoms with van der Waals surface area (Å²) < 4.78 is 11.0. The second-order valence-corrected chi connectivity index (χ2v) is 5.80. The normalized spacial score (nSPS) is 12.0. The molecule has 0 fully saturated rings. The zero-order chi connectivity index (χ0) is 17.3. The Balaban J connectivity index is 1.37. The molecule has 3 aromatic carbocycles. The highest BCUT2D eigenvalue weighted by Crippen LogP contribution is 2.22. The van der Waals surface area contributed by atoms with Crippen molar-refractivity contribution in [2.45, 2.75) is 6.10 Å². The molecule has 0 saturated carbocycles. The topological polar surface area (TPSA) is 50.7 Å². The molecule has 1 atom stereocenters. The summed E-state index contributed by atoms with van der Waals surface area (Å²) in [5.41, 5.74) is 1.02. The fourth-order valence-electron chi connectivity index (χ4n) is 2.62. The monoisotopic (exact) mass is 337 g/mol. The average molecular weight is 337 g/mol. The third-order valence-corrected chi connectivity index (χ3v) is 3.87. The lowest BCUT2D eigenvalue weighted by Gasteiger charge is -2.15. The molecular formula is C21H23NO3. The summed E-state index contributed by atoms with van der Waals surface area (Å²) >= 11 is 0. The van der Waals surface area contributed by atoms with Crippen molar-refractivity contribution in [2.24, 2.45) is 0 Å². The minimum absolute atomic E-state index is 0.274. The van der Waals surface area contributed by atoms with Gasteiger partial charge >= 0.3 is 0 Å². The van der Waals surface area contributed by atoms with Gasteiger partial charge in [-0.3, -0.25) is 0 Å². The van der Waals surface area contributed by atoms with Crippen LogP contribution in [0.3, 0.4) is 0 Å². The van der Waals surface area contributed by atoms with Crippen molar-refractivity contribution >= 4 is 16.5 Å². The van der Waals surface area contributed by atoms with Crippen LogP contribution in [0, 0.1) is 0 Å². The Labute approximate surface area is 148 Å². The fourth-order valence-corrected chi connectivity index (χ4v) is 2.62. The number of anilines is 1. The molecule has 0 aromatic heterocycles. The van der Waals surface area contributed by atoms with Crippen LogP contribution in [-0.2, 0) is 4.74 Å². The van der Waals surface area contributed by atoms with E-state index < -0.39 is 6.10 Å². The van der Waals surface area contributed by atoms with Crippen LogP contribution < -0.4 is 10.1 Å². The Morgan fingerprint density at radius 2 is 1.60 bits per heavy atom. The number of hydrogen-bond donors (Lipinski definition) is 2. The predicted molar refractivity (Wildman–Crippen MR) is 101 cm³/mol. The standard InChI is InChI=1S/C21H23NO3/c23-18(16-24-13-14-25-19-9-2-1-3-10-19)15-22-21-12-6-8-17-7-4-5-11-20(17)21/h1-12,18,22-23H,13-16H2. The molecule has 3 rings (SSSR count). The van der Waals surface area contributed by atoms with Gasteiger partial charge in [0.25, 0.3) is 0 Å².